The van der Waals surface area contributed by atoms with Crippen molar-refractivity contribution in [2.24, 2.45) is 0 Å². The van der Waals surface area contributed by atoms with E-state index >= 15 is 0 Å². The molecule has 1 saturated carbocycles. The van der Waals surface area contributed by atoms with Crippen LogP contribution in [0.5, 0.6) is 0 Å². The highest BCUT2D eigenvalue weighted by atomic mass is 35.5. The van der Waals surface area contributed by atoms with Crippen molar-refractivity contribution in [1.29, 1.82) is 0 Å². The minimum absolute atomic E-state index is 0.0420. The summed E-state index contributed by atoms with van der Waals surface area (Å²) in [6, 6.07) is 10.0. The minimum Gasteiger partial charge on any atom is -0.368 e. The lowest BCUT2D eigenvalue weighted by molar-refractivity contribution is -0.152. The van der Waals surface area contributed by atoms with Gasteiger partial charge in [-0.2, -0.15) is 0 Å². The summed E-state index contributed by atoms with van der Waals surface area (Å²) in [5.74, 6) is -2.37. The number of nitrogens with zero attached hydrogens (tertiary/aromatic N) is 1. The van der Waals surface area contributed by atoms with Crippen LogP contribution in [0.25, 0.3) is 0 Å². The van der Waals surface area contributed by atoms with E-state index in [0.717, 1.165) is 23.2 Å². The average Bonchev–Trinajstić information content (AvgIpc) is 2.65. The fraction of sp³-hybridized carbons (Fsp3) is 0.250. The molecule has 1 atom stereocenters. The number of carbonyl (C=O) groups excluding carboxylic acids is 3. The van der Waals surface area contributed by atoms with Gasteiger partial charge in [-0.25, -0.2) is 0 Å². The molecular weight excluding hydrogens is 387 g/mol. The average molecular weight is 403 g/mol. The number of hydrogen-bond donors (Lipinski definition) is 1. The van der Waals surface area contributed by atoms with Crippen molar-refractivity contribution in [2.75, 3.05) is 18.9 Å². The van der Waals surface area contributed by atoms with Crippen LogP contribution >= 0.6 is 23.2 Å². The van der Waals surface area contributed by atoms with E-state index in [-0.39, 0.29) is 5.92 Å². The first-order chi connectivity index (χ1) is 12.9. The Morgan fingerprint density at radius 1 is 1.04 bits per heavy atom. The second kappa shape index (κ2) is 6.75. The van der Waals surface area contributed by atoms with E-state index in [9.17, 15) is 14.4 Å². The number of ketones is 3. The highest BCUT2D eigenvalue weighted by Gasteiger charge is 2.48. The van der Waals surface area contributed by atoms with Gasteiger partial charge in [-0.05, 0) is 41.9 Å². The summed E-state index contributed by atoms with van der Waals surface area (Å²) in [4.78, 5) is 36.9. The number of fused-ring (bicyclic) bond motifs is 1. The van der Waals surface area contributed by atoms with E-state index in [1.165, 1.54) is 0 Å². The van der Waals surface area contributed by atoms with E-state index in [0.29, 0.717) is 22.3 Å². The van der Waals surface area contributed by atoms with Gasteiger partial charge in [0, 0.05) is 34.7 Å². The number of halogens is 2. The minimum atomic E-state index is -1.10. The van der Waals surface area contributed by atoms with Gasteiger partial charge in [0.1, 0.15) is 0 Å². The van der Waals surface area contributed by atoms with Gasteiger partial charge in [0.15, 0.2) is 6.04 Å². The second-order valence-corrected chi connectivity index (χ2v) is 7.77. The Balaban J connectivity index is 1.76. The smallest absolute Gasteiger partial charge is 0.269 e. The van der Waals surface area contributed by atoms with Gasteiger partial charge in [0.05, 0.1) is 0 Å². The molecule has 1 aliphatic heterocycles. The number of benzene rings is 2. The van der Waals surface area contributed by atoms with Crippen molar-refractivity contribution >= 4 is 46.2 Å². The maximum atomic E-state index is 11.7. The number of likely N-dealkylation sites (N-methyl/N-ethyl adjacent to an activating group) is 1. The van der Waals surface area contributed by atoms with E-state index in [4.69, 9.17) is 23.2 Å². The van der Waals surface area contributed by atoms with Crippen molar-refractivity contribution in [1.82, 2.24) is 4.90 Å². The standard InChI is InChI=1S/C20H16Cl2N2O3/c1-24-8-13(12-6-10(21)7-15(22)14(12)9-24)11-4-2-3-5-16(11)23-17-18(25)20(27)19(17)26/h2-7,13,17,23H,8-9H2,1H3. The van der Waals surface area contributed by atoms with Gasteiger partial charge < -0.3 is 10.2 Å². The van der Waals surface area contributed by atoms with E-state index in [1.54, 1.807) is 12.1 Å². The van der Waals surface area contributed by atoms with Crippen LogP contribution in [0.15, 0.2) is 36.4 Å². The van der Waals surface area contributed by atoms with Gasteiger partial charge >= 0.3 is 0 Å². The number of hydrogen-bond acceptors (Lipinski definition) is 5. The SMILES string of the molecule is CN1Cc2c(Cl)cc(Cl)cc2C(c2ccccc2NC2C(=O)C(=O)C2=O)C1. The molecule has 1 aliphatic carbocycles. The first-order valence-corrected chi connectivity index (χ1v) is 9.26. The normalized spacial score (nSPS) is 20.4. The van der Waals surface area contributed by atoms with Crippen molar-refractivity contribution in [3.8, 4) is 0 Å². The molecule has 2 aromatic rings. The molecule has 0 radical (unpaired) electrons. The maximum absolute atomic E-state index is 11.7. The third kappa shape index (κ3) is 3.06. The number of carbonyl (C=O) groups is 3. The van der Waals surface area contributed by atoms with Crippen LogP contribution in [0.3, 0.4) is 0 Å². The Morgan fingerprint density at radius 2 is 1.74 bits per heavy atom. The topological polar surface area (TPSA) is 66.5 Å². The predicted molar refractivity (Wildman–Crippen MR) is 104 cm³/mol. The second-order valence-electron chi connectivity index (χ2n) is 6.93. The highest BCUT2D eigenvalue weighted by molar-refractivity contribution is 6.79. The van der Waals surface area contributed by atoms with E-state index < -0.39 is 23.4 Å². The largest absolute Gasteiger partial charge is 0.368 e. The van der Waals surface area contributed by atoms with Gasteiger partial charge in [-0.3, -0.25) is 14.4 Å². The van der Waals surface area contributed by atoms with Crippen molar-refractivity contribution in [2.45, 2.75) is 18.5 Å². The summed E-state index contributed by atoms with van der Waals surface area (Å²) in [6.07, 6.45) is 0. The molecule has 1 heterocycles. The molecule has 2 aliphatic rings. The Morgan fingerprint density at radius 3 is 2.48 bits per heavy atom. The number of anilines is 1. The Bertz CT molecular complexity index is 971. The van der Waals surface area contributed by atoms with Gasteiger partial charge in [-0.1, -0.05) is 41.4 Å². The molecule has 138 valence electrons. The molecule has 1 N–H and O–H groups in total. The lowest BCUT2D eigenvalue weighted by Gasteiger charge is -2.35. The molecule has 1 unspecified atom stereocenters. The van der Waals surface area contributed by atoms with Gasteiger partial charge in [0.25, 0.3) is 5.78 Å². The summed E-state index contributed by atoms with van der Waals surface area (Å²) in [6.45, 7) is 1.44. The number of para-hydroxylation sites is 1. The molecule has 27 heavy (non-hydrogen) atoms. The van der Waals surface area contributed by atoms with Crippen molar-refractivity contribution in [3.05, 3.63) is 63.1 Å². The molecule has 0 saturated heterocycles. The molecule has 0 spiro atoms. The monoisotopic (exact) mass is 402 g/mol. The first kappa shape index (κ1) is 18.2. The number of nitrogens with one attached hydrogen (secondary N) is 1. The fourth-order valence-electron chi connectivity index (χ4n) is 3.76. The summed E-state index contributed by atoms with van der Waals surface area (Å²) in [5.41, 5.74) is 3.62. The zero-order valence-electron chi connectivity index (χ0n) is 14.5. The van der Waals surface area contributed by atoms with Crippen LogP contribution in [-0.4, -0.2) is 41.9 Å². The fourth-order valence-corrected chi connectivity index (χ4v) is 4.32. The predicted octanol–water partition coefficient (Wildman–Crippen LogP) is 3.07. The van der Waals surface area contributed by atoms with Crippen LogP contribution in [0.4, 0.5) is 5.69 Å². The van der Waals surface area contributed by atoms with Gasteiger partial charge in [0.2, 0.25) is 11.6 Å². The third-order valence-electron chi connectivity index (χ3n) is 5.10. The molecule has 5 nitrogen and oxygen atoms in total. The Labute approximate surface area is 166 Å². The molecule has 4 rings (SSSR count). The van der Waals surface area contributed by atoms with Crippen molar-refractivity contribution < 1.29 is 14.4 Å². The van der Waals surface area contributed by atoms with E-state index in [1.807, 2.05) is 31.3 Å². The first-order valence-electron chi connectivity index (χ1n) is 8.51. The number of Topliss-reactive ketones (excluding diaryl/α,β-unsaturated/α-hetero) is 3. The third-order valence-corrected chi connectivity index (χ3v) is 5.66. The van der Waals surface area contributed by atoms with Crippen LogP contribution in [0, 0.1) is 0 Å². The van der Waals surface area contributed by atoms with Crippen LogP contribution in [0.2, 0.25) is 10.0 Å². The summed E-state index contributed by atoms with van der Waals surface area (Å²) in [7, 11) is 2.01. The zero-order chi connectivity index (χ0) is 19.3. The molecule has 2 aromatic carbocycles. The van der Waals surface area contributed by atoms with Crippen LogP contribution < -0.4 is 5.32 Å². The number of rotatable bonds is 3. The zero-order valence-corrected chi connectivity index (χ0v) is 16.0. The van der Waals surface area contributed by atoms with Crippen LogP contribution in [-0.2, 0) is 20.9 Å². The summed E-state index contributed by atoms with van der Waals surface area (Å²) >= 11 is 12.7. The van der Waals surface area contributed by atoms with Crippen LogP contribution in [0.1, 0.15) is 22.6 Å². The summed E-state index contributed by atoms with van der Waals surface area (Å²) < 4.78 is 0. The molecule has 0 amide bonds. The Hall–Kier alpha value is -2.21. The quantitative estimate of drug-likeness (QED) is 0.631. The van der Waals surface area contributed by atoms with Gasteiger partial charge in [-0.15, -0.1) is 0 Å². The lowest BCUT2D eigenvalue weighted by atomic mass is 9.83. The molecular formula is C20H16Cl2N2O3. The molecule has 0 bridgehead atoms. The van der Waals surface area contributed by atoms with E-state index in [2.05, 4.69) is 10.2 Å². The summed E-state index contributed by atoms with van der Waals surface area (Å²) in [5, 5.41) is 4.13. The maximum Gasteiger partial charge on any atom is 0.269 e. The lowest BCUT2D eigenvalue weighted by Crippen LogP contribution is -2.57. The molecule has 1 fully saturated rings. The molecule has 0 aromatic heterocycles. The molecule has 7 heteroatoms. The Kier molecular flexibility index (Phi) is 4.54. The highest BCUT2D eigenvalue weighted by Crippen LogP contribution is 2.40. The van der Waals surface area contributed by atoms with Crippen molar-refractivity contribution in [3.63, 3.8) is 0 Å².